The van der Waals surface area contributed by atoms with Gasteiger partial charge in [-0.15, -0.1) is 0 Å². The van der Waals surface area contributed by atoms with Crippen LogP contribution in [-0.2, 0) is 30.3 Å². The maximum atomic E-state index is 12.8. The number of aliphatic hydroxyl groups is 1. The summed E-state index contributed by atoms with van der Waals surface area (Å²) in [7, 11) is 1.51. The Labute approximate surface area is 324 Å². The number of oxime groups is 1. The highest BCUT2D eigenvalue weighted by Crippen LogP contribution is 2.41. The topological polar surface area (TPSA) is 128 Å². The Hall–Kier alpha value is -1.61. The third-order valence-corrected chi connectivity index (χ3v) is 10.7. The van der Waals surface area contributed by atoms with Gasteiger partial charge in [0.05, 0.1) is 33.6 Å². The monoisotopic (exact) mass is 939 g/mol. The predicted octanol–water partition coefficient (Wildman–Crippen LogP) is 8.81. The van der Waals surface area contributed by atoms with E-state index in [-0.39, 0.29) is 24.6 Å². The predicted molar refractivity (Wildman–Crippen MR) is 206 cm³/mol. The molecular formula is C35H49Br4N3O7. The average molecular weight is 943 g/mol. The van der Waals surface area contributed by atoms with Crippen LogP contribution in [-0.4, -0.2) is 61.3 Å². The fourth-order valence-corrected chi connectivity index (χ4v) is 8.55. The molecule has 0 unspecified atom stereocenters. The number of unbranched alkanes of at least 4 members (excludes halogenated alkanes) is 10. The van der Waals surface area contributed by atoms with Crippen molar-refractivity contribution in [2.45, 2.75) is 115 Å². The highest BCUT2D eigenvalue weighted by atomic mass is 79.9. The first kappa shape index (κ1) is 41.8. The quantitative estimate of drug-likeness (QED) is 0.0993. The normalized spacial score (nSPS) is 18.7. The third kappa shape index (κ3) is 13.5. The first-order valence-corrected chi connectivity index (χ1v) is 20.3. The lowest BCUT2D eigenvalue weighted by Gasteiger charge is -2.27. The largest absolute Gasteiger partial charge is 0.495 e. The van der Waals surface area contributed by atoms with Crippen molar-refractivity contribution in [3.05, 3.63) is 47.6 Å². The summed E-state index contributed by atoms with van der Waals surface area (Å²) in [5.41, 5.74) is 0.878. The van der Waals surface area contributed by atoms with Crippen molar-refractivity contribution in [3.63, 3.8) is 0 Å². The van der Waals surface area contributed by atoms with Crippen LogP contribution in [0.15, 0.2) is 47.2 Å². The third-order valence-electron chi connectivity index (χ3n) is 8.29. The van der Waals surface area contributed by atoms with E-state index < -0.39 is 17.8 Å². The van der Waals surface area contributed by atoms with E-state index in [0.29, 0.717) is 52.9 Å². The van der Waals surface area contributed by atoms with Gasteiger partial charge < -0.3 is 34.8 Å². The summed E-state index contributed by atoms with van der Waals surface area (Å²) in [6.07, 6.45) is 15.7. The first-order chi connectivity index (χ1) is 23.6. The molecule has 0 saturated heterocycles. The Balaban J connectivity index is 1.29. The zero-order valence-electron chi connectivity index (χ0n) is 28.4. The molecule has 0 radical (unpaired) electrons. The molecule has 0 saturated carbocycles. The molecule has 0 aromatic heterocycles. The summed E-state index contributed by atoms with van der Waals surface area (Å²) >= 11 is 14.0. The number of carbonyl (C=O) groups is 2. The number of allylic oxidation sites excluding steroid dienone is 1. The molecule has 1 aromatic carbocycles. The summed E-state index contributed by atoms with van der Waals surface area (Å²) in [4.78, 5) is 30.5. The van der Waals surface area contributed by atoms with E-state index in [2.05, 4.69) is 86.4 Å². The molecule has 1 spiro atoms. The lowest BCUT2D eigenvalue weighted by molar-refractivity contribution is -0.225. The number of halogens is 4. The van der Waals surface area contributed by atoms with Crippen LogP contribution in [0.25, 0.3) is 0 Å². The van der Waals surface area contributed by atoms with Crippen molar-refractivity contribution in [2.75, 3.05) is 26.8 Å². The van der Waals surface area contributed by atoms with E-state index in [0.717, 1.165) is 27.4 Å². The van der Waals surface area contributed by atoms with Crippen LogP contribution in [0.3, 0.4) is 0 Å². The zero-order valence-corrected chi connectivity index (χ0v) is 34.7. The molecule has 3 rings (SSSR count). The number of aliphatic hydroxyl groups excluding tert-OH is 1. The molecule has 2 aliphatic heterocycles. The number of hydrogen-bond donors (Lipinski definition) is 3. The minimum Gasteiger partial charge on any atom is -0.495 e. The molecule has 2 aliphatic rings. The van der Waals surface area contributed by atoms with E-state index in [1.54, 1.807) is 0 Å². The zero-order chi connectivity index (χ0) is 35.6. The Morgan fingerprint density at radius 1 is 0.939 bits per heavy atom. The number of ether oxygens (including phenoxy) is 3. The van der Waals surface area contributed by atoms with Gasteiger partial charge in [0.15, 0.2) is 11.8 Å². The van der Waals surface area contributed by atoms with Gasteiger partial charge in [0.2, 0.25) is 5.91 Å². The maximum Gasteiger partial charge on any atom is 0.311 e. The molecule has 274 valence electrons. The number of nitrogens with one attached hydrogen (secondary N) is 2. The van der Waals surface area contributed by atoms with E-state index in [1.165, 1.54) is 71.2 Å². The number of nitrogens with zero attached hydrogens (tertiary/aromatic N) is 1. The molecule has 0 bridgehead atoms. The Bertz CT molecular complexity index is 1320. The summed E-state index contributed by atoms with van der Waals surface area (Å²) in [6.45, 7) is 3.44. The second-order valence-electron chi connectivity index (χ2n) is 12.2. The van der Waals surface area contributed by atoms with Crippen molar-refractivity contribution in [1.29, 1.82) is 0 Å². The van der Waals surface area contributed by atoms with Gasteiger partial charge in [-0.1, -0.05) is 92.2 Å². The minimum atomic E-state index is -1.60. The molecule has 2 atom stereocenters. The number of amides is 2. The smallest absolute Gasteiger partial charge is 0.311 e. The van der Waals surface area contributed by atoms with Gasteiger partial charge in [-0.3, -0.25) is 9.59 Å². The second-order valence-corrected chi connectivity index (χ2v) is 15.7. The molecule has 10 nitrogen and oxygen atoms in total. The van der Waals surface area contributed by atoms with Crippen LogP contribution in [0, 0.1) is 0 Å². The van der Waals surface area contributed by atoms with Gasteiger partial charge in [0, 0.05) is 24.0 Å². The molecule has 2 heterocycles. The van der Waals surface area contributed by atoms with Gasteiger partial charge >= 0.3 is 5.79 Å². The maximum absolute atomic E-state index is 12.8. The molecular weight excluding hydrogens is 894 g/mol. The van der Waals surface area contributed by atoms with Crippen molar-refractivity contribution in [2.24, 2.45) is 5.16 Å². The number of methoxy groups -OCH3 is 1. The van der Waals surface area contributed by atoms with Gasteiger partial charge in [-0.2, -0.15) is 0 Å². The molecule has 1 aromatic rings. The molecule has 0 fully saturated rings. The lowest BCUT2D eigenvalue weighted by Crippen LogP contribution is -2.49. The van der Waals surface area contributed by atoms with Crippen molar-refractivity contribution < 1.29 is 33.7 Å². The fourth-order valence-electron chi connectivity index (χ4n) is 5.51. The van der Waals surface area contributed by atoms with E-state index in [4.69, 9.17) is 19.0 Å². The Kier molecular flexibility index (Phi) is 19.1. The Morgan fingerprint density at radius 3 is 2.20 bits per heavy atom. The summed E-state index contributed by atoms with van der Waals surface area (Å²) < 4.78 is 19.7. The SMILES string of the molecule is CCCCCCCCCCCCCC(=O)NCCc1cc(Br)c(OCCCNC(=O)C2=NO[C@]3(CC(Br)=C(OC)C(Br)=CO3)[C@H]2O)c(Br)c1. The van der Waals surface area contributed by atoms with E-state index in [9.17, 15) is 14.7 Å². The first-order valence-electron chi connectivity index (χ1n) is 17.2. The van der Waals surface area contributed by atoms with Gasteiger partial charge in [-0.25, -0.2) is 0 Å². The lowest BCUT2D eigenvalue weighted by atomic mass is 10.0. The number of carbonyl (C=O) groups excluding carboxylic acids is 2. The number of rotatable bonds is 22. The van der Waals surface area contributed by atoms with Crippen LogP contribution >= 0.6 is 63.7 Å². The van der Waals surface area contributed by atoms with Crippen LogP contribution in [0.2, 0.25) is 0 Å². The average Bonchev–Trinajstić information content (AvgIpc) is 3.31. The number of hydrogen-bond acceptors (Lipinski definition) is 8. The minimum absolute atomic E-state index is 0.0632. The second kappa shape index (κ2) is 22.4. The van der Waals surface area contributed by atoms with Crippen LogP contribution in [0.5, 0.6) is 5.75 Å². The van der Waals surface area contributed by atoms with Gasteiger partial charge in [0.25, 0.3) is 5.91 Å². The van der Waals surface area contributed by atoms with E-state index in [1.807, 2.05) is 12.1 Å². The standard InChI is InChI=1S/C35H49Br4N3O7/c1-3-4-5-6-7-8-9-10-11-12-13-15-29(43)40-18-16-24-20-25(36)32(26(37)21-24)47-19-14-17-41-34(45)30-33(44)35(49-42-30)22-27(38)31(46-2)28(39)23-48-35/h20-21,23,33,44H,3-19,22H2,1-2H3,(H,40,43)(H,41,45)/t33-,35+/m0/s1. The van der Waals surface area contributed by atoms with Crippen molar-refractivity contribution in [3.8, 4) is 5.75 Å². The van der Waals surface area contributed by atoms with Crippen LogP contribution in [0.1, 0.15) is 102 Å². The van der Waals surface area contributed by atoms with Gasteiger partial charge in [0.1, 0.15) is 17.8 Å². The highest BCUT2D eigenvalue weighted by Gasteiger charge is 2.54. The number of benzene rings is 1. The van der Waals surface area contributed by atoms with Crippen LogP contribution in [0.4, 0.5) is 0 Å². The molecule has 3 N–H and O–H groups in total. The summed E-state index contributed by atoms with van der Waals surface area (Å²) in [5, 5.41) is 20.5. The fraction of sp³-hybridized carbons (Fsp3) is 0.629. The molecule has 2 amide bonds. The molecule has 14 heteroatoms. The van der Waals surface area contributed by atoms with Crippen molar-refractivity contribution in [1.82, 2.24) is 10.6 Å². The highest BCUT2D eigenvalue weighted by molar-refractivity contribution is 9.12. The van der Waals surface area contributed by atoms with Gasteiger partial charge in [-0.05, 0) is 84.7 Å². The van der Waals surface area contributed by atoms with Crippen molar-refractivity contribution >= 4 is 81.2 Å². The summed E-state index contributed by atoms with van der Waals surface area (Å²) in [5.74, 6) is -0.926. The summed E-state index contributed by atoms with van der Waals surface area (Å²) in [6, 6.07) is 3.97. The molecule has 0 aliphatic carbocycles. The Morgan fingerprint density at radius 2 is 1.57 bits per heavy atom. The van der Waals surface area contributed by atoms with E-state index >= 15 is 0 Å². The van der Waals surface area contributed by atoms with Crippen LogP contribution < -0.4 is 15.4 Å². The molecule has 49 heavy (non-hydrogen) atoms.